The SMILES string of the molecule is CN=C(NCc1cccc(COC)c1)NCC1CC1. The molecule has 1 aliphatic rings. The van der Waals surface area contributed by atoms with Crippen LogP contribution in [0, 0.1) is 5.92 Å². The minimum atomic E-state index is 0.655. The quantitative estimate of drug-likeness (QED) is 0.607. The minimum Gasteiger partial charge on any atom is -0.380 e. The zero-order chi connectivity index (χ0) is 13.5. The molecule has 1 aromatic carbocycles. The van der Waals surface area contributed by atoms with Crippen molar-refractivity contribution in [3.63, 3.8) is 0 Å². The summed E-state index contributed by atoms with van der Waals surface area (Å²) in [6, 6.07) is 8.41. The maximum absolute atomic E-state index is 5.15. The van der Waals surface area contributed by atoms with Gasteiger partial charge < -0.3 is 15.4 Å². The molecule has 4 heteroatoms. The Kier molecular flexibility index (Phi) is 5.21. The average molecular weight is 261 g/mol. The van der Waals surface area contributed by atoms with Crippen LogP contribution in [0.15, 0.2) is 29.3 Å². The van der Waals surface area contributed by atoms with Crippen molar-refractivity contribution in [2.45, 2.75) is 26.0 Å². The first-order valence-electron chi connectivity index (χ1n) is 6.83. The van der Waals surface area contributed by atoms with Crippen LogP contribution in [0.3, 0.4) is 0 Å². The Labute approximate surface area is 115 Å². The van der Waals surface area contributed by atoms with Gasteiger partial charge in [-0.25, -0.2) is 0 Å². The molecule has 2 rings (SSSR count). The topological polar surface area (TPSA) is 45.7 Å². The van der Waals surface area contributed by atoms with Crippen LogP contribution in [0.2, 0.25) is 0 Å². The van der Waals surface area contributed by atoms with E-state index >= 15 is 0 Å². The Hall–Kier alpha value is -1.55. The molecule has 1 aromatic rings. The van der Waals surface area contributed by atoms with Gasteiger partial charge in [0.2, 0.25) is 0 Å². The van der Waals surface area contributed by atoms with E-state index in [1.54, 1.807) is 7.11 Å². The van der Waals surface area contributed by atoms with Crippen molar-refractivity contribution in [3.05, 3.63) is 35.4 Å². The number of aliphatic imine (C=N–C) groups is 1. The van der Waals surface area contributed by atoms with Gasteiger partial charge in [0.1, 0.15) is 0 Å². The summed E-state index contributed by atoms with van der Waals surface area (Å²) in [5.74, 6) is 1.73. The van der Waals surface area contributed by atoms with Crippen LogP contribution in [0.25, 0.3) is 0 Å². The van der Waals surface area contributed by atoms with Crippen LogP contribution < -0.4 is 10.6 Å². The lowest BCUT2D eigenvalue weighted by Gasteiger charge is -2.12. The lowest BCUT2D eigenvalue weighted by atomic mass is 10.1. The number of guanidine groups is 1. The number of hydrogen-bond donors (Lipinski definition) is 2. The Morgan fingerprint density at radius 2 is 2.11 bits per heavy atom. The average Bonchev–Trinajstić information content (AvgIpc) is 3.24. The summed E-state index contributed by atoms with van der Waals surface area (Å²) in [6.45, 7) is 2.47. The number of benzene rings is 1. The standard InChI is InChI=1S/C15H23N3O/c1-16-15(17-9-12-6-7-12)18-10-13-4-3-5-14(8-13)11-19-2/h3-5,8,12H,6-7,9-11H2,1-2H3,(H2,16,17,18). The molecule has 0 amide bonds. The van der Waals surface area contributed by atoms with E-state index in [1.165, 1.54) is 24.0 Å². The molecule has 1 saturated carbocycles. The Bertz CT molecular complexity index is 427. The molecule has 1 fully saturated rings. The lowest BCUT2D eigenvalue weighted by Crippen LogP contribution is -2.37. The number of nitrogens with zero attached hydrogens (tertiary/aromatic N) is 1. The number of hydrogen-bond acceptors (Lipinski definition) is 2. The highest BCUT2D eigenvalue weighted by Crippen LogP contribution is 2.27. The number of nitrogens with one attached hydrogen (secondary N) is 2. The molecule has 104 valence electrons. The molecule has 0 atom stereocenters. The fourth-order valence-electron chi connectivity index (χ4n) is 1.97. The van der Waals surface area contributed by atoms with Crippen LogP contribution in [-0.2, 0) is 17.9 Å². The predicted molar refractivity (Wildman–Crippen MR) is 78.1 cm³/mol. The minimum absolute atomic E-state index is 0.655. The number of rotatable bonds is 6. The molecule has 0 spiro atoms. The van der Waals surface area contributed by atoms with Gasteiger partial charge >= 0.3 is 0 Å². The maximum atomic E-state index is 5.15. The predicted octanol–water partition coefficient (Wildman–Crippen LogP) is 1.91. The van der Waals surface area contributed by atoms with Gasteiger partial charge in [0.15, 0.2) is 5.96 Å². The highest BCUT2D eigenvalue weighted by atomic mass is 16.5. The maximum Gasteiger partial charge on any atom is 0.191 e. The van der Waals surface area contributed by atoms with E-state index in [1.807, 2.05) is 7.05 Å². The van der Waals surface area contributed by atoms with Crippen molar-refractivity contribution in [3.8, 4) is 0 Å². The van der Waals surface area contributed by atoms with Crippen LogP contribution in [0.1, 0.15) is 24.0 Å². The first-order valence-corrected chi connectivity index (χ1v) is 6.83. The Morgan fingerprint density at radius 1 is 1.32 bits per heavy atom. The van der Waals surface area contributed by atoms with Gasteiger partial charge in [-0.1, -0.05) is 24.3 Å². The van der Waals surface area contributed by atoms with E-state index in [0.717, 1.165) is 25.0 Å². The number of ether oxygens (including phenoxy) is 1. The van der Waals surface area contributed by atoms with Crippen molar-refractivity contribution in [2.24, 2.45) is 10.9 Å². The summed E-state index contributed by atoms with van der Waals surface area (Å²) < 4.78 is 5.15. The van der Waals surface area contributed by atoms with Gasteiger partial charge in [-0.2, -0.15) is 0 Å². The molecule has 0 bridgehead atoms. The molecule has 4 nitrogen and oxygen atoms in total. The van der Waals surface area contributed by atoms with E-state index < -0.39 is 0 Å². The highest BCUT2D eigenvalue weighted by Gasteiger charge is 2.20. The van der Waals surface area contributed by atoms with Crippen molar-refractivity contribution in [1.82, 2.24) is 10.6 Å². The smallest absolute Gasteiger partial charge is 0.191 e. The molecular formula is C15H23N3O. The van der Waals surface area contributed by atoms with E-state index in [4.69, 9.17) is 4.74 Å². The van der Waals surface area contributed by atoms with Crippen LogP contribution in [0.5, 0.6) is 0 Å². The molecule has 1 aliphatic carbocycles. The molecule has 0 aliphatic heterocycles. The first kappa shape index (κ1) is 13.9. The van der Waals surface area contributed by atoms with Crippen molar-refractivity contribution >= 4 is 5.96 Å². The molecule has 0 radical (unpaired) electrons. The second-order valence-corrected chi connectivity index (χ2v) is 5.00. The third kappa shape index (κ3) is 4.91. The second-order valence-electron chi connectivity index (χ2n) is 5.00. The van der Waals surface area contributed by atoms with Crippen LogP contribution in [0.4, 0.5) is 0 Å². The molecule has 0 heterocycles. The van der Waals surface area contributed by atoms with Crippen LogP contribution in [-0.4, -0.2) is 26.7 Å². The summed E-state index contributed by atoms with van der Waals surface area (Å²) in [6.07, 6.45) is 2.70. The van der Waals surface area contributed by atoms with Crippen molar-refractivity contribution in [1.29, 1.82) is 0 Å². The van der Waals surface area contributed by atoms with E-state index in [-0.39, 0.29) is 0 Å². The molecule has 0 aromatic heterocycles. The summed E-state index contributed by atoms with van der Waals surface area (Å²) >= 11 is 0. The molecular weight excluding hydrogens is 238 g/mol. The van der Waals surface area contributed by atoms with Crippen molar-refractivity contribution < 1.29 is 4.74 Å². The monoisotopic (exact) mass is 261 g/mol. The summed E-state index contributed by atoms with van der Waals surface area (Å²) in [5.41, 5.74) is 2.44. The fourth-order valence-corrected chi connectivity index (χ4v) is 1.97. The first-order chi connectivity index (χ1) is 9.31. The van der Waals surface area contributed by atoms with E-state index in [0.29, 0.717) is 6.61 Å². The highest BCUT2D eigenvalue weighted by molar-refractivity contribution is 5.79. The van der Waals surface area contributed by atoms with Crippen molar-refractivity contribution in [2.75, 3.05) is 20.7 Å². The van der Waals surface area contributed by atoms with Gasteiger partial charge in [0.25, 0.3) is 0 Å². The van der Waals surface area contributed by atoms with E-state index in [2.05, 4.69) is 39.9 Å². The second kappa shape index (κ2) is 7.14. The van der Waals surface area contributed by atoms with Gasteiger partial charge in [0, 0.05) is 27.2 Å². The van der Waals surface area contributed by atoms with Gasteiger partial charge in [0.05, 0.1) is 6.61 Å². The Balaban J connectivity index is 1.80. The molecule has 0 unspecified atom stereocenters. The number of methoxy groups -OCH3 is 1. The van der Waals surface area contributed by atoms with Gasteiger partial charge in [-0.05, 0) is 29.9 Å². The zero-order valence-electron chi connectivity index (χ0n) is 11.8. The molecule has 0 saturated heterocycles. The normalized spacial score (nSPS) is 15.4. The zero-order valence-corrected chi connectivity index (χ0v) is 11.8. The van der Waals surface area contributed by atoms with Crippen LogP contribution >= 0.6 is 0 Å². The summed E-state index contributed by atoms with van der Waals surface area (Å²) in [4.78, 5) is 4.23. The molecule has 2 N–H and O–H groups in total. The van der Waals surface area contributed by atoms with Gasteiger partial charge in [-0.3, -0.25) is 4.99 Å². The van der Waals surface area contributed by atoms with Gasteiger partial charge in [-0.15, -0.1) is 0 Å². The molecule has 19 heavy (non-hydrogen) atoms. The van der Waals surface area contributed by atoms with E-state index in [9.17, 15) is 0 Å². The Morgan fingerprint density at radius 3 is 2.79 bits per heavy atom. The summed E-state index contributed by atoms with van der Waals surface area (Å²) in [7, 11) is 3.53. The summed E-state index contributed by atoms with van der Waals surface area (Å²) in [5, 5.41) is 6.69. The fraction of sp³-hybridized carbons (Fsp3) is 0.533. The third-order valence-electron chi connectivity index (χ3n) is 3.24. The largest absolute Gasteiger partial charge is 0.380 e. The lowest BCUT2D eigenvalue weighted by molar-refractivity contribution is 0.185. The third-order valence-corrected chi connectivity index (χ3v) is 3.24.